The monoisotopic (exact) mass is 338 g/mol. The Bertz CT molecular complexity index is 861. The van der Waals surface area contributed by atoms with Crippen LogP contribution >= 0.6 is 0 Å². The molecule has 24 heavy (non-hydrogen) atoms. The number of nitrogens with two attached hydrogens (primary N) is 1. The quantitative estimate of drug-likeness (QED) is 0.644. The van der Waals surface area contributed by atoms with Crippen LogP contribution in [-0.2, 0) is 25.4 Å². The lowest BCUT2D eigenvalue weighted by atomic mass is 10.3. The predicted molar refractivity (Wildman–Crippen MR) is 87.9 cm³/mol. The highest BCUT2D eigenvalue weighted by Gasteiger charge is 2.21. The van der Waals surface area contributed by atoms with E-state index < -0.39 is 17.4 Å². The third-order valence-electron chi connectivity index (χ3n) is 4.34. The number of aryl methyl sites for hydroxylation is 1. The summed E-state index contributed by atoms with van der Waals surface area (Å²) in [5.74, 6) is 0.101. The first kappa shape index (κ1) is 16.7. The van der Waals surface area contributed by atoms with Gasteiger partial charge in [-0.05, 0) is 0 Å². The number of rotatable bonds is 4. The molecule has 1 saturated heterocycles. The zero-order valence-electron chi connectivity index (χ0n) is 13.8. The highest BCUT2D eigenvalue weighted by atomic mass is 16.5. The second-order valence-corrected chi connectivity index (χ2v) is 6.03. The number of nitrogens with zero attached hydrogens (tertiary/aromatic N) is 5. The van der Waals surface area contributed by atoms with E-state index >= 15 is 0 Å². The van der Waals surface area contributed by atoms with E-state index in [4.69, 9.17) is 10.5 Å². The van der Waals surface area contributed by atoms with Gasteiger partial charge in [-0.25, -0.2) is 4.79 Å². The Labute approximate surface area is 137 Å². The molecular weight excluding hydrogens is 316 g/mol. The molecule has 3 N–H and O–H groups in total. The second-order valence-electron chi connectivity index (χ2n) is 6.03. The Balaban J connectivity index is 1.93. The molecule has 3 rings (SSSR count). The van der Waals surface area contributed by atoms with E-state index in [0.29, 0.717) is 19.8 Å². The molecule has 132 valence electrons. The van der Waals surface area contributed by atoms with Gasteiger partial charge in [0.05, 0.1) is 25.9 Å². The summed E-state index contributed by atoms with van der Waals surface area (Å²) in [6.07, 6.45) is -0.718. The van der Waals surface area contributed by atoms with Crippen molar-refractivity contribution in [3.63, 3.8) is 0 Å². The summed E-state index contributed by atoms with van der Waals surface area (Å²) in [6, 6.07) is 0. The number of anilines is 1. The molecule has 1 fully saturated rings. The number of β-amino-alcohol motifs (C(OH)–C–C–N with tert-alkyl or cyclic N) is 1. The van der Waals surface area contributed by atoms with Gasteiger partial charge in [0, 0.05) is 33.7 Å². The number of fused-ring (bicyclic) bond motifs is 1. The lowest BCUT2D eigenvalue weighted by molar-refractivity contribution is 0.0118. The van der Waals surface area contributed by atoms with Gasteiger partial charge in [-0.2, -0.15) is 4.98 Å². The first-order chi connectivity index (χ1) is 11.4. The summed E-state index contributed by atoms with van der Waals surface area (Å²) < 4.78 is 9.04. The fourth-order valence-corrected chi connectivity index (χ4v) is 3.00. The van der Waals surface area contributed by atoms with E-state index in [1.54, 1.807) is 0 Å². The van der Waals surface area contributed by atoms with Crippen molar-refractivity contribution in [2.45, 2.75) is 12.6 Å². The molecule has 0 aromatic carbocycles. The SMILES string of the molecule is Cn1c(=O)c2c(nc(N)n2C[C@H](O)CN2CCOCC2)n(C)c1=O. The van der Waals surface area contributed by atoms with E-state index in [1.165, 1.54) is 23.2 Å². The van der Waals surface area contributed by atoms with Crippen LogP contribution in [0.1, 0.15) is 0 Å². The smallest absolute Gasteiger partial charge is 0.332 e. The number of aliphatic hydroxyl groups is 1. The number of morpholine rings is 1. The van der Waals surface area contributed by atoms with Crippen molar-refractivity contribution < 1.29 is 9.84 Å². The third-order valence-corrected chi connectivity index (χ3v) is 4.34. The number of hydrogen-bond acceptors (Lipinski definition) is 7. The molecule has 2 aromatic rings. The largest absolute Gasteiger partial charge is 0.390 e. The molecule has 1 aliphatic rings. The highest BCUT2D eigenvalue weighted by Crippen LogP contribution is 2.14. The van der Waals surface area contributed by atoms with Crippen LogP contribution in [0.3, 0.4) is 0 Å². The van der Waals surface area contributed by atoms with Gasteiger partial charge in [0.1, 0.15) is 0 Å². The molecular formula is C14H22N6O4. The molecule has 0 aliphatic carbocycles. The Morgan fingerprint density at radius 3 is 2.54 bits per heavy atom. The number of ether oxygens (including phenoxy) is 1. The normalized spacial score (nSPS) is 17.5. The topological polar surface area (TPSA) is 121 Å². The Morgan fingerprint density at radius 2 is 1.88 bits per heavy atom. The molecule has 0 unspecified atom stereocenters. The van der Waals surface area contributed by atoms with E-state index in [-0.39, 0.29) is 23.7 Å². The van der Waals surface area contributed by atoms with Gasteiger partial charge in [-0.3, -0.25) is 18.8 Å². The van der Waals surface area contributed by atoms with Gasteiger partial charge in [0.2, 0.25) is 5.95 Å². The molecule has 3 heterocycles. The maximum absolute atomic E-state index is 12.4. The van der Waals surface area contributed by atoms with E-state index in [1.807, 2.05) is 0 Å². The van der Waals surface area contributed by atoms with E-state index in [0.717, 1.165) is 17.7 Å². The molecule has 0 spiro atoms. The fraction of sp³-hybridized carbons (Fsp3) is 0.643. The molecule has 2 aromatic heterocycles. The molecule has 1 aliphatic heterocycles. The summed E-state index contributed by atoms with van der Waals surface area (Å²) in [5, 5.41) is 10.4. The standard InChI is InChI=1S/C14H22N6O4/c1-17-11-10(12(22)18(2)14(17)23)20(13(15)16-11)8-9(21)7-19-3-5-24-6-4-19/h9,21H,3-8H2,1-2H3,(H2,15,16)/t9-/m1/s1. The zero-order chi connectivity index (χ0) is 17.4. The van der Waals surface area contributed by atoms with Crippen molar-refractivity contribution >= 4 is 17.1 Å². The van der Waals surface area contributed by atoms with E-state index in [2.05, 4.69) is 9.88 Å². The van der Waals surface area contributed by atoms with Crippen molar-refractivity contribution in [1.29, 1.82) is 0 Å². The van der Waals surface area contributed by atoms with Crippen LogP contribution in [0.15, 0.2) is 9.59 Å². The lowest BCUT2D eigenvalue weighted by Gasteiger charge is -2.28. The van der Waals surface area contributed by atoms with Crippen LogP contribution in [-0.4, -0.2) is 67.6 Å². The van der Waals surface area contributed by atoms with Crippen molar-refractivity contribution in [1.82, 2.24) is 23.6 Å². The Morgan fingerprint density at radius 1 is 1.21 bits per heavy atom. The number of nitrogen functional groups attached to an aromatic ring is 1. The number of aliphatic hydroxyl groups excluding tert-OH is 1. The van der Waals surface area contributed by atoms with Gasteiger partial charge >= 0.3 is 5.69 Å². The summed E-state index contributed by atoms with van der Waals surface area (Å²) in [4.78, 5) is 30.6. The first-order valence-corrected chi connectivity index (χ1v) is 7.80. The van der Waals surface area contributed by atoms with Crippen molar-refractivity contribution in [2.75, 3.05) is 38.6 Å². The first-order valence-electron chi connectivity index (χ1n) is 7.80. The molecule has 1 atom stereocenters. The van der Waals surface area contributed by atoms with Crippen LogP contribution in [0.2, 0.25) is 0 Å². The second kappa shape index (κ2) is 6.38. The van der Waals surface area contributed by atoms with E-state index in [9.17, 15) is 14.7 Å². The summed E-state index contributed by atoms with van der Waals surface area (Å²) in [5.41, 5.74) is 5.42. The van der Waals surface area contributed by atoms with Gasteiger partial charge in [-0.15, -0.1) is 0 Å². The Kier molecular flexibility index (Phi) is 4.43. The minimum absolute atomic E-state index is 0.101. The summed E-state index contributed by atoms with van der Waals surface area (Å²) in [7, 11) is 2.94. The molecule has 0 saturated carbocycles. The lowest BCUT2D eigenvalue weighted by Crippen LogP contribution is -2.42. The van der Waals surface area contributed by atoms with Crippen LogP contribution < -0.4 is 17.0 Å². The average molecular weight is 338 g/mol. The molecule has 10 heteroatoms. The van der Waals surface area contributed by atoms with Gasteiger partial charge < -0.3 is 20.1 Å². The van der Waals surface area contributed by atoms with Crippen LogP contribution in [0.25, 0.3) is 11.2 Å². The molecule has 0 radical (unpaired) electrons. The predicted octanol–water partition coefficient (Wildman–Crippen LogP) is -2.29. The van der Waals surface area contributed by atoms with Gasteiger partial charge in [-0.1, -0.05) is 0 Å². The van der Waals surface area contributed by atoms with Crippen LogP contribution in [0.4, 0.5) is 5.95 Å². The fourth-order valence-electron chi connectivity index (χ4n) is 3.00. The maximum atomic E-state index is 12.4. The van der Waals surface area contributed by atoms with Crippen molar-refractivity contribution in [3.05, 3.63) is 20.8 Å². The Hall–Kier alpha value is -2.17. The van der Waals surface area contributed by atoms with Gasteiger partial charge in [0.25, 0.3) is 5.56 Å². The summed E-state index contributed by atoms with van der Waals surface area (Å²) >= 11 is 0. The van der Waals surface area contributed by atoms with Crippen LogP contribution in [0, 0.1) is 0 Å². The van der Waals surface area contributed by atoms with Gasteiger partial charge in [0.15, 0.2) is 11.2 Å². The maximum Gasteiger partial charge on any atom is 0.332 e. The average Bonchev–Trinajstić information content (AvgIpc) is 2.88. The minimum atomic E-state index is -0.718. The van der Waals surface area contributed by atoms with Crippen molar-refractivity contribution in [3.8, 4) is 0 Å². The third kappa shape index (κ3) is 2.83. The minimum Gasteiger partial charge on any atom is -0.390 e. The molecule has 0 amide bonds. The highest BCUT2D eigenvalue weighted by molar-refractivity contribution is 5.73. The zero-order valence-corrected chi connectivity index (χ0v) is 13.8. The molecule has 10 nitrogen and oxygen atoms in total. The van der Waals surface area contributed by atoms with Crippen molar-refractivity contribution in [2.24, 2.45) is 14.1 Å². The number of aromatic nitrogens is 4. The summed E-state index contributed by atoms with van der Waals surface area (Å²) in [6.45, 7) is 3.39. The number of hydrogen-bond donors (Lipinski definition) is 2. The van der Waals surface area contributed by atoms with Crippen LogP contribution in [0.5, 0.6) is 0 Å². The number of imidazole rings is 1. The molecule has 0 bridgehead atoms.